The Balaban J connectivity index is 1.67. The van der Waals surface area contributed by atoms with Gasteiger partial charge in [0.2, 0.25) is 0 Å². The molecule has 0 heterocycles. The summed E-state index contributed by atoms with van der Waals surface area (Å²) in [5, 5.41) is 24.1. The minimum absolute atomic E-state index is 0.0151. The van der Waals surface area contributed by atoms with Gasteiger partial charge in [0, 0.05) is 0 Å². The van der Waals surface area contributed by atoms with Gasteiger partial charge in [0.15, 0.2) is 6.61 Å². The summed E-state index contributed by atoms with van der Waals surface area (Å²) in [4.78, 5) is 12.2. The number of fused-ring (bicyclic) bond motifs is 1. The normalized spacial score (nSPS) is 10.6. The lowest BCUT2D eigenvalue weighted by atomic mass is 10.1. The van der Waals surface area contributed by atoms with E-state index >= 15 is 0 Å². The van der Waals surface area contributed by atoms with Gasteiger partial charge in [0.1, 0.15) is 17.6 Å². The summed E-state index contributed by atoms with van der Waals surface area (Å²) in [6, 6.07) is 19.4. The molecule has 0 aliphatic heterocycles. The van der Waals surface area contributed by atoms with Crippen LogP contribution in [0.1, 0.15) is 15.9 Å². The number of nitrogens with zero attached hydrogens (tertiary/aromatic N) is 2. The molecule has 0 aromatic heterocycles. The molecule has 6 nitrogen and oxygen atoms in total. The Morgan fingerprint density at radius 2 is 1.85 bits per heavy atom. The smallest absolute Gasteiger partial charge is 0.275 e. The van der Waals surface area contributed by atoms with Gasteiger partial charge in [-0.15, -0.1) is 0 Å². The number of nitrogens with one attached hydrogen (secondary N) is 1. The first-order valence-corrected chi connectivity index (χ1v) is 7.82. The zero-order valence-electron chi connectivity index (χ0n) is 13.7. The number of nitriles is 1. The first-order valence-electron chi connectivity index (χ1n) is 7.82. The van der Waals surface area contributed by atoms with Crippen LogP contribution in [-0.4, -0.2) is 23.8 Å². The van der Waals surface area contributed by atoms with Crippen molar-refractivity contribution >= 4 is 22.9 Å². The monoisotopic (exact) mass is 345 g/mol. The van der Waals surface area contributed by atoms with E-state index in [0.717, 1.165) is 16.3 Å². The number of aromatic hydroxyl groups is 1. The summed E-state index contributed by atoms with van der Waals surface area (Å²) in [5.41, 5.74) is 3.30. The lowest BCUT2D eigenvalue weighted by molar-refractivity contribution is 0.0952. The molecule has 1 amide bonds. The Labute approximate surface area is 150 Å². The highest BCUT2D eigenvalue weighted by molar-refractivity contribution is 6.01. The van der Waals surface area contributed by atoms with Crippen LogP contribution < -0.4 is 10.2 Å². The predicted molar refractivity (Wildman–Crippen MR) is 98.2 cm³/mol. The Morgan fingerprint density at radius 3 is 2.54 bits per heavy atom. The van der Waals surface area contributed by atoms with Gasteiger partial charge in [-0.1, -0.05) is 24.3 Å². The van der Waals surface area contributed by atoms with Crippen LogP contribution in [0.3, 0.4) is 0 Å². The van der Waals surface area contributed by atoms with Gasteiger partial charge >= 0.3 is 0 Å². The van der Waals surface area contributed by atoms with Crippen molar-refractivity contribution in [3.8, 4) is 17.6 Å². The van der Waals surface area contributed by atoms with E-state index in [2.05, 4.69) is 10.5 Å². The highest BCUT2D eigenvalue weighted by Gasteiger charge is 2.11. The van der Waals surface area contributed by atoms with E-state index in [0.29, 0.717) is 5.75 Å². The standard InChI is InChI=1S/C20H15N3O3/c21-9-10-26-17-7-5-14(6-8-17)13-22-23-20(25)18-11-15-3-1-2-4-16(15)12-19(18)24/h1-8,11-13,24H,10H2,(H,23,25)/b22-13+. The van der Waals surface area contributed by atoms with Gasteiger partial charge in [-0.05, 0) is 52.7 Å². The minimum Gasteiger partial charge on any atom is -0.507 e. The number of hydrogen-bond acceptors (Lipinski definition) is 5. The topological polar surface area (TPSA) is 94.7 Å². The molecule has 26 heavy (non-hydrogen) atoms. The molecule has 128 valence electrons. The molecule has 0 atom stereocenters. The number of ether oxygens (including phenoxy) is 1. The van der Waals surface area contributed by atoms with E-state index in [1.165, 1.54) is 6.21 Å². The number of amides is 1. The number of phenolic OH excluding ortho intramolecular Hbond substituents is 1. The second-order valence-electron chi connectivity index (χ2n) is 5.43. The zero-order chi connectivity index (χ0) is 18.4. The number of benzene rings is 3. The van der Waals surface area contributed by atoms with Crippen molar-refractivity contribution in [2.24, 2.45) is 5.10 Å². The number of rotatable bonds is 5. The Hall–Kier alpha value is -3.85. The Kier molecular flexibility index (Phi) is 5.11. The second-order valence-corrected chi connectivity index (χ2v) is 5.43. The van der Waals surface area contributed by atoms with Gasteiger partial charge < -0.3 is 9.84 Å². The maximum absolute atomic E-state index is 12.2. The van der Waals surface area contributed by atoms with Crippen molar-refractivity contribution < 1.29 is 14.6 Å². The summed E-state index contributed by atoms with van der Waals surface area (Å²) in [7, 11) is 0. The van der Waals surface area contributed by atoms with Crippen LogP contribution in [0.25, 0.3) is 10.8 Å². The van der Waals surface area contributed by atoms with Crippen molar-refractivity contribution in [3.63, 3.8) is 0 Å². The predicted octanol–water partition coefficient (Wildman–Crippen LogP) is 3.21. The zero-order valence-corrected chi connectivity index (χ0v) is 13.7. The Morgan fingerprint density at radius 1 is 1.15 bits per heavy atom. The highest BCUT2D eigenvalue weighted by atomic mass is 16.5. The van der Waals surface area contributed by atoms with Crippen LogP contribution >= 0.6 is 0 Å². The summed E-state index contributed by atoms with van der Waals surface area (Å²) in [6.07, 6.45) is 1.48. The average Bonchev–Trinajstić information content (AvgIpc) is 2.66. The second kappa shape index (κ2) is 7.81. The number of hydrazone groups is 1. The van der Waals surface area contributed by atoms with Crippen molar-refractivity contribution in [3.05, 3.63) is 71.8 Å². The third-order valence-electron chi connectivity index (χ3n) is 3.67. The van der Waals surface area contributed by atoms with Gasteiger partial charge in [-0.3, -0.25) is 4.79 Å². The quantitative estimate of drug-likeness (QED) is 0.548. The van der Waals surface area contributed by atoms with Gasteiger partial charge in [0.05, 0.1) is 11.8 Å². The molecule has 3 aromatic carbocycles. The molecule has 0 spiro atoms. The molecule has 2 N–H and O–H groups in total. The van der Waals surface area contributed by atoms with Gasteiger partial charge in [0.25, 0.3) is 5.91 Å². The van der Waals surface area contributed by atoms with E-state index in [1.807, 2.05) is 30.3 Å². The third kappa shape index (κ3) is 3.97. The van der Waals surface area contributed by atoms with Crippen molar-refractivity contribution in [1.29, 1.82) is 5.26 Å². The average molecular weight is 345 g/mol. The van der Waals surface area contributed by atoms with Crippen molar-refractivity contribution in [2.75, 3.05) is 6.61 Å². The summed E-state index contributed by atoms with van der Waals surface area (Å²) in [5.74, 6) is -0.0253. The van der Waals surface area contributed by atoms with Crippen LogP contribution in [0.2, 0.25) is 0 Å². The first kappa shape index (κ1) is 17.0. The molecule has 0 radical (unpaired) electrons. The maximum Gasteiger partial charge on any atom is 0.275 e. The molecule has 0 bridgehead atoms. The number of carbonyl (C=O) groups excluding carboxylic acids is 1. The maximum atomic E-state index is 12.2. The fourth-order valence-electron chi connectivity index (χ4n) is 2.40. The van der Waals surface area contributed by atoms with E-state index in [9.17, 15) is 9.90 Å². The third-order valence-corrected chi connectivity index (χ3v) is 3.67. The highest BCUT2D eigenvalue weighted by Crippen LogP contribution is 2.24. The van der Waals surface area contributed by atoms with E-state index in [4.69, 9.17) is 10.00 Å². The van der Waals surface area contributed by atoms with E-state index in [1.54, 1.807) is 36.4 Å². The van der Waals surface area contributed by atoms with E-state index < -0.39 is 5.91 Å². The van der Waals surface area contributed by atoms with Crippen LogP contribution in [-0.2, 0) is 0 Å². The molecular weight excluding hydrogens is 330 g/mol. The van der Waals surface area contributed by atoms with Gasteiger partial charge in [-0.25, -0.2) is 5.43 Å². The molecule has 0 aliphatic rings. The largest absolute Gasteiger partial charge is 0.507 e. The number of hydrogen-bond donors (Lipinski definition) is 2. The van der Waals surface area contributed by atoms with Crippen molar-refractivity contribution in [2.45, 2.75) is 0 Å². The number of carbonyl (C=O) groups is 1. The molecule has 6 heteroatoms. The molecule has 0 saturated carbocycles. The molecular formula is C20H15N3O3. The lowest BCUT2D eigenvalue weighted by Gasteiger charge is -2.05. The van der Waals surface area contributed by atoms with Crippen LogP contribution in [0, 0.1) is 11.3 Å². The SMILES string of the molecule is N#CCOc1ccc(/C=N/NC(=O)c2cc3ccccc3cc2O)cc1. The van der Waals surface area contributed by atoms with Crippen LogP contribution in [0.15, 0.2) is 65.8 Å². The van der Waals surface area contributed by atoms with Gasteiger partial charge in [-0.2, -0.15) is 10.4 Å². The summed E-state index contributed by atoms with van der Waals surface area (Å²) in [6.45, 7) is -0.0151. The molecule has 0 fully saturated rings. The lowest BCUT2D eigenvalue weighted by Crippen LogP contribution is -2.17. The minimum atomic E-state index is -0.501. The van der Waals surface area contributed by atoms with Crippen LogP contribution in [0.4, 0.5) is 0 Å². The number of phenols is 1. The first-order chi connectivity index (χ1) is 12.7. The fourth-order valence-corrected chi connectivity index (χ4v) is 2.40. The Bertz CT molecular complexity index is 1000. The summed E-state index contributed by atoms with van der Waals surface area (Å²) >= 11 is 0. The molecule has 0 saturated heterocycles. The molecule has 0 aliphatic carbocycles. The molecule has 3 aromatic rings. The van der Waals surface area contributed by atoms with Crippen LogP contribution in [0.5, 0.6) is 11.5 Å². The molecule has 3 rings (SSSR count). The molecule has 0 unspecified atom stereocenters. The fraction of sp³-hybridized carbons (Fsp3) is 0.0500. The van der Waals surface area contributed by atoms with Crippen molar-refractivity contribution in [1.82, 2.24) is 5.43 Å². The van der Waals surface area contributed by atoms with E-state index in [-0.39, 0.29) is 17.9 Å². The summed E-state index contributed by atoms with van der Waals surface area (Å²) < 4.78 is 5.16.